The van der Waals surface area contributed by atoms with Gasteiger partial charge >= 0.3 is 0 Å². The molecule has 4 atom stereocenters. The van der Waals surface area contributed by atoms with Crippen LogP contribution < -0.4 is 11.1 Å². The van der Waals surface area contributed by atoms with Gasteiger partial charge in [0.1, 0.15) is 0 Å². The van der Waals surface area contributed by atoms with Crippen LogP contribution in [0.1, 0.15) is 56.4 Å². The number of nitrogens with one attached hydrogen (secondary N) is 1. The van der Waals surface area contributed by atoms with Gasteiger partial charge in [-0.05, 0) is 63.6 Å². The van der Waals surface area contributed by atoms with Crippen molar-refractivity contribution in [2.75, 3.05) is 20.1 Å². The molecule has 0 aromatic carbocycles. The molecule has 3 N–H and O–H groups in total. The van der Waals surface area contributed by atoms with Crippen LogP contribution in [0.5, 0.6) is 0 Å². The molecule has 150 valence electrons. The maximum absolute atomic E-state index is 12.7. The molecule has 7 heteroatoms. The Balaban J connectivity index is 0.00000169. The number of rotatable bonds is 4. The quantitative estimate of drug-likeness (QED) is 0.771. The Morgan fingerprint density at radius 1 is 1.35 bits per heavy atom. The SMILES string of the molecule is CN1CCCC(CNC(=O)C2CCCCC2(C)N)C1c1cccs1.Cl.Cl. The molecular formula is C19H33Cl2N3OS. The van der Waals surface area contributed by atoms with E-state index in [-0.39, 0.29) is 42.2 Å². The van der Waals surface area contributed by atoms with Crippen LogP contribution in [0.25, 0.3) is 0 Å². The molecule has 1 aromatic heterocycles. The predicted octanol–water partition coefficient (Wildman–Crippen LogP) is 4.00. The van der Waals surface area contributed by atoms with E-state index in [1.165, 1.54) is 17.7 Å². The normalized spacial score (nSPS) is 32.2. The van der Waals surface area contributed by atoms with Gasteiger partial charge in [-0.2, -0.15) is 0 Å². The highest BCUT2D eigenvalue weighted by atomic mass is 35.5. The van der Waals surface area contributed by atoms with E-state index in [0.717, 1.165) is 38.8 Å². The number of piperidine rings is 1. The monoisotopic (exact) mass is 421 g/mol. The lowest BCUT2D eigenvalue weighted by Crippen LogP contribution is -2.53. The molecular weight excluding hydrogens is 389 g/mol. The first-order valence-electron chi connectivity index (χ1n) is 9.29. The van der Waals surface area contributed by atoms with Gasteiger partial charge in [-0.1, -0.05) is 18.9 Å². The van der Waals surface area contributed by atoms with E-state index in [2.05, 4.69) is 34.8 Å². The number of carbonyl (C=O) groups excluding carboxylic acids is 1. The van der Waals surface area contributed by atoms with Crippen molar-refractivity contribution in [1.29, 1.82) is 0 Å². The van der Waals surface area contributed by atoms with Crippen molar-refractivity contribution >= 4 is 42.1 Å². The van der Waals surface area contributed by atoms with Gasteiger partial charge in [0, 0.05) is 23.0 Å². The molecule has 0 radical (unpaired) electrons. The molecule has 1 saturated heterocycles. The van der Waals surface area contributed by atoms with E-state index in [1.54, 1.807) is 0 Å². The minimum Gasteiger partial charge on any atom is -0.355 e. The lowest BCUT2D eigenvalue weighted by Gasteiger charge is -2.40. The van der Waals surface area contributed by atoms with Crippen LogP contribution >= 0.6 is 36.2 Å². The van der Waals surface area contributed by atoms with E-state index in [4.69, 9.17) is 5.73 Å². The van der Waals surface area contributed by atoms with Crippen molar-refractivity contribution in [1.82, 2.24) is 10.2 Å². The van der Waals surface area contributed by atoms with Gasteiger partial charge in [0.2, 0.25) is 5.91 Å². The highest BCUT2D eigenvalue weighted by Gasteiger charge is 2.38. The number of thiophene rings is 1. The van der Waals surface area contributed by atoms with Crippen molar-refractivity contribution in [2.45, 2.75) is 57.0 Å². The molecule has 1 saturated carbocycles. The molecule has 1 aliphatic carbocycles. The molecule has 1 aromatic rings. The second-order valence-electron chi connectivity index (χ2n) is 7.89. The average molecular weight is 422 g/mol. The molecule has 1 aliphatic heterocycles. The van der Waals surface area contributed by atoms with Crippen LogP contribution in [0.15, 0.2) is 17.5 Å². The maximum atomic E-state index is 12.7. The molecule has 0 bridgehead atoms. The topological polar surface area (TPSA) is 58.4 Å². The van der Waals surface area contributed by atoms with E-state index in [1.807, 2.05) is 18.3 Å². The fourth-order valence-corrected chi connectivity index (χ4v) is 5.51. The highest BCUT2D eigenvalue weighted by Crippen LogP contribution is 2.37. The summed E-state index contributed by atoms with van der Waals surface area (Å²) in [7, 11) is 2.20. The zero-order chi connectivity index (χ0) is 17.2. The minimum absolute atomic E-state index is 0. The van der Waals surface area contributed by atoms with Gasteiger partial charge in [-0.25, -0.2) is 0 Å². The van der Waals surface area contributed by atoms with Crippen LogP contribution in [0.4, 0.5) is 0 Å². The van der Waals surface area contributed by atoms with Gasteiger partial charge < -0.3 is 11.1 Å². The Labute approximate surface area is 174 Å². The number of nitrogens with zero attached hydrogens (tertiary/aromatic N) is 1. The van der Waals surface area contributed by atoms with Gasteiger partial charge in [-0.3, -0.25) is 9.69 Å². The first kappa shape index (κ1) is 23.7. The maximum Gasteiger partial charge on any atom is 0.224 e. The molecule has 4 nitrogen and oxygen atoms in total. The fourth-order valence-electron chi connectivity index (χ4n) is 4.53. The number of nitrogens with two attached hydrogens (primary N) is 1. The number of halogens is 2. The zero-order valence-electron chi connectivity index (χ0n) is 15.8. The minimum atomic E-state index is -0.348. The van der Waals surface area contributed by atoms with Crippen LogP contribution in [-0.4, -0.2) is 36.5 Å². The van der Waals surface area contributed by atoms with Crippen LogP contribution in [0.3, 0.4) is 0 Å². The Hall–Kier alpha value is -0.330. The Morgan fingerprint density at radius 3 is 2.77 bits per heavy atom. The van der Waals surface area contributed by atoms with Gasteiger partial charge in [0.05, 0.1) is 5.92 Å². The first-order chi connectivity index (χ1) is 11.5. The van der Waals surface area contributed by atoms with Crippen LogP contribution in [0, 0.1) is 11.8 Å². The summed E-state index contributed by atoms with van der Waals surface area (Å²) in [6.45, 7) is 3.94. The Morgan fingerprint density at radius 2 is 2.12 bits per heavy atom. The third kappa shape index (κ3) is 5.35. The van der Waals surface area contributed by atoms with Gasteiger partial charge in [0.25, 0.3) is 0 Å². The predicted molar refractivity (Wildman–Crippen MR) is 114 cm³/mol. The molecule has 4 unspecified atom stereocenters. The number of hydrogen-bond acceptors (Lipinski definition) is 4. The van der Waals surface area contributed by atoms with Gasteiger partial charge in [-0.15, -0.1) is 36.2 Å². The standard InChI is InChI=1S/C19H31N3OS.2ClH/c1-19(20)10-4-3-8-15(19)18(23)21-13-14-7-5-11-22(2)17(14)16-9-6-12-24-16;;/h6,9,12,14-15,17H,3-5,7-8,10-11,13,20H2,1-2H3,(H,21,23);2*1H. The third-order valence-electron chi connectivity index (χ3n) is 5.95. The van der Waals surface area contributed by atoms with E-state index in [0.29, 0.717) is 12.0 Å². The van der Waals surface area contributed by atoms with E-state index in [9.17, 15) is 4.79 Å². The molecule has 26 heavy (non-hydrogen) atoms. The van der Waals surface area contributed by atoms with Crippen molar-refractivity contribution in [3.63, 3.8) is 0 Å². The second-order valence-corrected chi connectivity index (χ2v) is 8.87. The average Bonchev–Trinajstić information content (AvgIpc) is 3.06. The van der Waals surface area contributed by atoms with Crippen molar-refractivity contribution in [2.24, 2.45) is 17.6 Å². The fraction of sp³-hybridized carbons (Fsp3) is 0.737. The van der Waals surface area contributed by atoms with E-state index < -0.39 is 0 Å². The summed E-state index contributed by atoms with van der Waals surface area (Å²) < 4.78 is 0. The molecule has 2 heterocycles. The number of hydrogen-bond donors (Lipinski definition) is 2. The van der Waals surface area contributed by atoms with Crippen molar-refractivity contribution in [3.05, 3.63) is 22.4 Å². The van der Waals surface area contributed by atoms with Gasteiger partial charge in [0.15, 0.2) is 0 Å². The lowest BCUT2D eigenvalue weighted by molar-refractivity contribution is -0.128. The lowest BCUT2D eigenvalue weighted by atomic mass is 9.74. The number of amides is 1. The van der Waals surface area contributed by atoms with Crippen molar-refractivity contribution in [3.8, 4) is 0 Å². The largest absolute Gasteiger partial charge is 0.355 e. The molecule has 2 aliphatic rings. The first-order valence-corrected chi connectivity index (χ1v) is 10.2. The zero-order valence-corrected chi connectivity index (χ0v) is 18.2. The Bertz CT molecular complexity index is 553. The summed E-state index contributed by atoms with van der Waals surface area (Å²) in [5, 5.41) is 5.40. The summed E-state index contributed by atoms with van der Waals surface area (Å²) in [5.74, 6) is 0.615. The molecule has 0 spiro atoms. The summed E-state index contributed by atoms with van der Waals surface area (Å²) in [6, 6.07) is 4.78. The Kier molecular flexibility index (Phi) is 9.37. The highest BCUT2D eigenvalue weighted by molar-refractivity contribution is 7.10. The molecule has 1 amide bonds. The van der Waals surface area contributed by atoms with Crippen molar-refractivity contribution < 1.29 is 4.79 Å². The molecule has 3 rings (SSSR count). The van der Waals surface area contributed by atoms with Crippen LogP contribution in [0.2, 0.25) is 0 Å². The van der Waals surface area contributed by atoms with Crippen LogP contribution in [-0.2, 0) is 4.79 Å². The second kappa shape index (κ2) is 10.3. The summed E-state index contributed by atoms with van der Waals surface area (Å²) in [5.41, 5.74) is 6.04. The number of carbonyl (C=O) groups is 1. The summed E-state index contributed by atoms with van der Waals surface area (Å²) in [4.78, 5) is 16.6. The smallest absolute Gasteiger partial charge is 0.224 e. The summed E-state index contributed by atoms with van der Waals surface area (Å²) in [6.07, 6.45) is 6.53. The summed E-state index contributed by atoms with van der Waals surface area (Å²) >= 11 is 1.82. The third-order valence-corrected chi connectivity index (χ3v) is 6.89. The number of likely N-dealkylation sites (tertiary alicyclic amines) is 1. The molecule has 2 fully saturated rings. The van der Waals surface area contributed by atoms with E-state index >= 15 is 0 Å².